The molecule has 6 heteroatoms. The molecular weight excluding hydrogens is 294 g/mol. The van der Waals surface area contributed by atoms with E-state index in [2.05, 4.69) is 4.98 Å². The number of nitrogens with zero attached hydrogens (tertiary/aromatic N) is 2. The predicted molar refractivity (Wildman–Crippen MR) is 86.7 cm³/mol. The SMILES string of the molecule is Cc1ccc(C(=O)CN2C(=O)COc3ccc(N)nc32)cc1C. The van der Waals surface area contributed by atoms with E-state index in [1.807, 2.05) is 26.0 Å². The van der Waals surface area contributed by atoms with Crippen LogP contribution in [0.3, 0.4) is 0 Å². The molecule has 23 heavy (non-hydrogen) atoms. The highest BCUT2D eigenvalue weighted by molar-refractivity contribution is 6.06. The van der Waals surface area contributed by atoms with Crippen LogP contribution >= 0.6 is 0 Å². The predicted octanol–water partition coefficient (Wildman–Crippen LogP) is 1.89. The molecule has 0 aliphatic carbocycles. The van der Waals surface area contributed by atoms with Crippen molar-refractivity contribution in [2.24, 2.45) is 0 Å². The van der Waals surface area contributed by atoms with Crippen LogP contribution in [0, 0.1) is 13.8 Å². The van der Waals surface area contributed by atoms with Crippen molar-refractivity contribution in [3.63, 3.8) is 0 Å². The highest BCUT2D eigenvalue weighted by Crippen LogP contribution is 2.30. The van der Waals surface area contributed by atoms with E-state index in [0.717, 1.165) is 11.1 Å². The number of benzene rings is 1. The van der Waals surface area contributed by atoms with Crippen molar-refractivity contribution in [3.05, 3.63) is 47.0 Å². The lowest BCUT2D eigenvalue weighted by Crippen LogP contribution is -2.42. The Balaban J connectivity index is 1.90. The van der Waals surface area contributed by atoms with E-state index in [0.29, 0.717) is 17.1 Å². The number of pyridine rings is 1. The van der Waals surface area contributed by atoms with Crippen LogP contribution in [0.2, 0.25) is 0 Å². The first kappa shape index (κ1) is 15.0. The summed E-state index contributed by atoms with van der Waals surface area (Å²) in [7, 11) is 0. The highest BCUT2D eigenvalue weighted by Gasteiger charge is 2.29. The second-order valence-electron chi connectivity index (χ2n) is 5.55. The first-order chi connectivity index (χ1) is 11.0. The van der Waals surface area contributed by atoms with Crippen molar-refractivity contribution in [1.82, 2.24) is 4.98 Å². The Kier molecular flexibility index (Phi) is 3.73. The Hall–Kier alpha value is -2.89. The molecule has 0 atom stereocenters. The molecule has 0 saturated carbocycles. The Labute approximate surface area is 133 Å². The van der Waals surface area contributed by atoms with Crippen LogP contribution in [0.4, 0.5) is 11.6 Å². The van der Waals surface area contributed by atoms with Gasteiger partial charge in [0.2, 0.25) is 0 Å². The first-order valence-electron chi connectivity index (χ1n) is 7.26. The topological polar surface area (TPSA) is 85.5 Å². The lowest BCUT2D eigenvalue weighted by molar-refractivity contribution is -0.121. The monoisotopic (exact) mass is 311 g/mol. The molecule has 1 amide bonds. The van der Waals surface area contributed by atoms with E-state index >= 15 is 0 Å². The number of rotatable bonds is 3. The van der Waals surface area contributed by atoms with Crippen molar-refractivity contribution in [1.29, 1.82) is 0 Å². The zero-order valence-electron chi connectivity index (χ0n) is 13.0. The maximum absolute atomic E-state index is 12.5. The molecule has 118 valence electrons. The molecule has 0 fully saturated rings. The molecule has 3 rings (SSSR count). The fourth-order valence-corrected chi connectivity index (χ4v) is 2.40. The van der Waals surface area contributed by atoms with Gasteiger partial charge in [0.15, 0.2) is 24.0 Å². The molecule has 0 radical (unpaired) electrons. The largest absolute Gasteiger partial charge is 0.480 e. The average Bonchev–Trinajstić information content (AvgIpc) is 2.52. The van der Waals surface area contributed by atoms with Gasteiger partial charge in [-0.2, -0.15) is 0 Å². The third-order valence-electron chi connectivity index (χ3n) is 3.90. The smallest absolute Gasteiger partial charge is 0.266 e. The van der Waals surface area contributed by atoms with Crippen molar-refractivity contribution in [2.45, 2.75) is 13.8 Å². The number of ether oxygens (including phenoxy) is 1. The third kappa shape index (κ3) is 2.88. The van der Waals surface area contributed by atoms with Crippen molar-refractivity contribution in [3.8, 4) is 5.75 Å². The lowest BCUT2D eigenvalue weighted by atomic mass is 10.0. The summed E-state index contributed by atoms with van der Waals surface area (Å²) in [6.07, 6.45) is 0. The number of aryl methyl sites for hydroxylation is 2. The summed E-state index contributed by atoms with van der Waals surface area (Å²) in [4.78, 5) is 30.1. The summed E-state index contributed by atoms with van der Waals surface area (Å²) in [5.74, 6) is 0.544. The number of fused-ring (bicyclic) bond motifs is 1. The molecule has 1 aromatic carbocycles. The Morgan fingerprint density at radius 2 is 2.04 bits per heavy atom. The van der Waals surface area contributed by atoms with E-state index < -0.39 is 0 Å². The molecule has 1 aromatic heterocycles. The molecule has 0 spiro atoms. The van der Waals surface area contributed by atoms with Crippen molar-refractivity contribution in [2.75, 3.05) is 23.8 Å². The minimum atomic E-state index is -0.312. The number of hydrogen-bond acceptors (Lipinski definition) is 5. The molecular formula is C17H17N3O3. The number of ketones is 1. The minimum absolute atomic E-state index is 0.0891. The number of anilines is 2. The summed E-state index contributed by atoms with van der Waals surface area (Å²) >= 11 is 0. The van der Waals surface area contributed by atoms with Crippen LogP contribution in [0.15, 0.2) is 30.3 Å². The zero-order valence-corrected chi connectivity index (χ0v) is 13.0. The molecule has 0 unspecified atom stereocenters. The second kappa shape index (κ2) is 5.72. The van der Waals surface area contributed by atoms with Gasteiger partial charge in [-0.25, -0.2) is 4.98 Å². The van der Waals surface area contributed by atoms with E-state index in [1.54, 1.807) is 18.2 Å². The van der Waals surface area contributed by atoms with Crippen LogP contribution in [-0.4, -0.2) is 29.8 Å². The number of carbonyl (C=O) groups excluding carboxylic acids is 2. The third-order valence-corrected chi connectivity index (χ3v) is 3.90. The van der Waals surface area contributed by atoms with Gasteiger partial charge in [-0.15, -0.1) is 0 Å². The van der Waals surface area contributed by atoms with Gasteiger partial charge in [-0.3, -0.25) is 14.5 Å². The highest BCUT2D eigenvalue weighted by atomic mass is 16.5. The van der Waals surface area contributed by atoms with E-state index in [9.17, 15) is 9.59 Å². The van der Waals surface area contributed by atoms with Gasteiger partial charge < -0.3 is 10.5 Å². The number of aromatic nitrogens is 1. The van der Waals surface area contributed by atoms with Crippen LogP contribution in [0.1, 0.15) is 21.5 Å². The maximum atomic E-state index is 12.5. The van der Waals surface area contributed by atoms with E-state index in [1.165, 1.54) is 4.90 Å². The zero-order chi connectivity index (χ0) is 16.6. The summed E-state index contributed by atoms with van der Waals surface area (Å²) in [6.45, 7) is 3.73. The molecule has 2 aromatic rings. The summed E-state index contributed by atoms with van der Waals surface area (Å²) < 4.78 is 5.32. The van der Waals surface area contributed by atoms with Gasteiger partial charge in [-0.05, 0) is 43.2 Å². The number of nitrogens with two attached hydrogens (primary N) is 1. The minimum Gasteiger partial charge on any atom is -0.480 e. The van der Waals surface area contributed by atoms with Crippen LogP contribution in [0.25, 0.3) is 0 Å². The van der Waals surface area contributed by atoms with Gasteiger partial charge in [-0.1, -0.05) is 12.1 Å². The molecule has 2 heterocycles. The van der Waals surface area contributed by atoms with Gasteiger partial charge in [0.25, 0.3) is 5.91 Å². The summed E-state index contributed by atoms with van der Waals surface area (Å²) in [5.41, 5.74) is 8.39. The van der Waals surface area contributed by atoms with Gasteiger partial charge in [0.1, 0.15) is 5.82 Å². The molecule has 1 aliphatic heterocycles. The summed E-state index contributed by atoms with van der Waals surface area (Å²) in [5, 5.41) is 0. The Morgan fingerprint density at radius 1 is 1.26 bits per heavy atom. The van der Waals surface area contributed by atoms with Gasteiger partial charge in [0.05, 0.1) is 6.54 Å². The molecule has 2 N–H and O–H groups in total. The molecule has 6 nitrogen and oxygen atoms in total. The number of nitrogen functional groups attached to an aromatic ring is 1. The normalized spacial score (nSPS) is 13.5. The number of hydrogen-bond donors (Lipinski definition) is 1. The first-order valence-corrected chi connectivity index (χ1v) is 7.26. The average molecular weight is 311 g/mol. The Bertz CT molecular complexity index is 802. The quantitative estimate of drug-likeness (QED) is 0.875. The second-order valence-corrected chi connectivity index (χ2v) is 5.55. The number of Topliss-reactive ketones (excluding diaryl/α,β-unsaturated/α-hetero) is 1. The van der Waals surface area contributed by atoms with Crippen LogP contribution in [-0.2, 0) is 4.79 Å². The van der Waals surface area contributed by atoms with E-state index in [4.69, 9.17) is 10.5 Å². The standard InChI is InChI=1S/C17H17N3O3/c1-10-3-4-12(7-11(10)2)13(21)8-20-16(22)9-23-14-5-6-15(18)19-17(14)20/h3-7H,8-9H2,1-2H3,(H2,18,19). The van der Waals surface area contributed by atoms with Gasteiger partial charge in [0, 0.05) is 5.56 Å². The summed E-state index contributed by atoms with van der Waals surface area (Å²) in [6, 6.07) is 8.74. The Morgan fingerprint density at radius 3 is 2.78 bits per heavy atom. The van der Waals surface area contributed by atoms with Crippen molar-refractivity contribution >= 4 is 23.3 Å². The lowest BCUT2D eigenvalue weighted by Gasteiger charge is -2.27. The maximum Gasteiger partial charge on any atom is 0.266 e. The number of carbonyl (C=O) groups is 2. The van der Waals surface area contributed by atoms with Crippen LogP contribution < -0.4 is 15.4 Å². The van der Waals surface area contributed by atoms with Crippen LogP contribution in [0.5, 0.6) is 5.75 Å². The fraction of sp³-hybridized carbons (Fsp3) is 0.235. The molecule has 0 bridgehead atoms. The molecule has 1 aliphatic rings. The fourth-order valence-electron chi connectivity index (χ4n) is 2.40. The molecule has 0 saturated heterocycles. The van der Waals surface area contributed by atoms with E-state index in [-0.39, 0.29) is 30.7 Å². The van der Waals surface area contributed by atoms with Crippen molar-refractivity contribution < 1.29 is 14.3 Å². The number of amides is 1. The van der Waals surface area contributed by atoms with Gasteiger partial charge >= 0.3 is 0 Å².